The molecular weight excluding hydrogens is 214 g/mol. The van der Waals surface area contributed by atoms with Gasteiger partial charge in [0.2, 0.25) is 0 Å². The van der Waals surface area contributed by atoms with E-state index in [9.17, 15) is 4.79 Å². The van der Waals surface area contributed by atoms with Crippen LogP contribution >= 0.6 is 0 Å². The lowest BCUT2D eigenvalue weighted by molar-refractivity contribution is 0.0996. The zero-order valence-electron chi connectivity index (χ0n) is 9.36. The number of amides is 1. The minimum atomic E-state index is -0.276. The molecule has 1 amide bonds. The van der Waals surface area contributed by atoms with E-state index in [0.29, 0.717) is 11.4 Å². The van der Waals surface area contributed by atoms with Crippen LogP contribution in [0.2, 0.25) is 0 Å². The van der Waals surface area contributed by atoms with Crippen LogP contribution in [0, 0.1) is 19.3 Å². The fraction of sp³-hybridized carbons (Fsp3) is 0.0714. The molecule has 0 unspecified atom stereocenters. The van der Waals surface area contributed by atoms with E-state index in [1.807, 2.05) is 6.92 Å². The van der Waals surface area contributed by atoms with Crippen LogP contribution in [-0.4, -0.2) is 5.91 Å². The van der Waals surface area contributed by atoms with E-state index in [2.05, 4.69) is 11.2 Å². The first kappa shape index (κ1) is 11.0. The van der Waals surface area contributed by atoms with Gasteiger partial charge in [-0.15, -0.1) is 6.42 Å². The average molecular weight is 225 g/mol. The monoisotopic (exact) mass is 225 g/mol. The van der Waals surface area contributed by atoms with Gasteiger partial charge in [0.25, 0.3) is 5.91 Å². The topological polar surface area (TPSA) is 42.2 Å². The van der Waals surface area contributed by atoms with Gasteiger partial charge < -0.3 is 9.73 Å². The van der Waals surface area contributed by atoms with Crippen molar-refractivity contribution in [3.8, 4) is 12.3 Å². The van der Waals surface area contributed by atoms with Gasteiger partial charge in [-0.3, -0.25) is 4.79 Å². The molecule has 0 saturated heterocycles. The molecule has 0 aliphatic heterocycles. The summed E-state index contributed by atoms with van der Waals surface area (Å²) in [6.07, 6.45) is 6.78. The first-order chi connectivity index (χ1) is 8.20. The molecule has 0 aliphatic rings. The van der Waals surface area contributed by atoms with Crippen LogP contribution in [0.1, 0.15) is 21.7 Å². The van der Waals surface area contributed by atoms with Crippen molar-refractivity contribution in [3.63, 3.8) is 0 Å². The number of benzene rings is 1. The Hall–Kier alpha value is -2.47. The van der Waals surface area contributed by atoms with E-state index in [1.165, 1.54) is 6.26 Å². The summed E-state index contributed by atoms with van der Waals surface area (Å²) in [5, 5.41) is 2.73. The number of anilines is 1. The zero-order valence-corrected chi connectivity index (χ0v) is 9.36. The molecule has 3 heteroatoms. The minimum Gasteiger partial charge on any atom is -0.459 e. The van der Waals surface area contributed by atoms with Crippen LogP contribution in [0.4, 0.5) is 5.69 Å². The smallest absolute Gasteiger partial charge is 0.291 e. The lowest BCUT2D eigenvalue weighted by atomic mass is 10.2. The summed E-state index contributed by atoms with van der Waals surface area (Å²) >= 11 is 0. The Balaban J connectivity index is 2.19. The van der Waals surface area contributed by atoms with Crippen molar-refractivity contribution in [1.29, 1.82) is 0 Å². The van der Waals surface area contributed by atoms with Crippen LogP contribution in [0.3, 0.4) is 0 Å². The number of hydrogen-bond donors (Lipinski definition) is 1. The predicted octanol–water partition coefficient (Wildman–Crippen LogP) is 2.82. The largest absolute Gasteiger partial charge is 0.459 e. The second-order valence-corrected chi connectivity index (χ2v) is 3.61. The fourth-order valence-corrected chi connectivity index (χ4v) is 1.48. The maximum absolute atomic E-state index is 11.8. The Morgan fingerprint density at radius 3 is 2.88 bits per heavy atom. The van der Waals surface area contributed by atoms with Crippen molar-refractivity contribution in [2.75, 3.05) is 5.32 Å². The maximum atomic E-state index is 11.8. The number of furan rings is 1. The molecule has 0 spiro atoms. The van der Waals surface area contributed by atoms with Gasteiger partial charge in [0.05, 0.1) is 6.26 Å². The van der Waals surface area contributed by atoms with Gasteiger partial charge in [0.15, 0.2) is 5.76 Å². The number of nitrogens with one attached hydrogen (secondary N) is 1. The summed E-state index contributed by atoms with van der Waals surface area (Å²) in [4.78, 5) is 11.8. The Morgan fingerprint density at radius 1 is 1.41 bits per heavy atom. The zero-order chi connectivity index (χ0) is 12.3. The quantitative estimate of drug-likeness (QED) is 0.798. The molecule has 17 heavy (non-hydrogen) atoms. The summed E-state index contributed by atoms with van der Waals surface area (Å²) < 4.78 is 5.10. The summed E-state index contributed by atoms with van der Waals surface area (Å²) in [5.74, 6) is 2.55. The third kappa shape index (κ3) is 2.37. The third-order valence-corrected chi connectivity index (χ3v) is 2.36. The molecule has 0 atom stereocenters. The average Bonchev–Trinajstić information content (AvgIpc) is 2.76. The highest BCUT2D eigenvalue weighted by atomic mass is 16.3. The Kier molecular flexibility index (Phi) is 2.97. The molecule has 0 bridgehead atoms. The first-order valence-electron chi connectivity index (χ1n) is 5.13. The van der Waals surface area contributed by atoms with Crippen LogP contribution in [-0.2, 0) is 0 Å². The molecule has 0 aliphatic carbocycles. The van der Waals surface area contributed by atoms with E-state index >= 15 is 0 Å². The van der Waals surface area contributed by atoms with Gasteiger partial charge in [-0.25, -0.2) is 0 Å². The summed E-state index contributed by atoms with van der Waals surface area (Å²) in [6, 6.07) is 8.84. The van der Waals surface area contributed by atoms with Crippen LogP contribution in [0.25, 0.3) is 0 Å². The molecule has 0 fully saturated rings. The van der Waals surface area contributed by atoms with Crippen molar-refractivity contribution < 1.29 is 9.21 Å². The molecule has 1 aromatic carbocycles. The molecule has 3 nitrogen and oxygen atoms in total. The minimum absolute atomic E-state index is 0.276. The van der Waals surface area contributed by atoms with Gasteiger partial charge in [-0.2, -0.15) is 0 Å². The lowest BCUT2D eigenvalue weighted by Gasteiger charge is -2.04. The van der Waals surface area contributed by atoms with E-state index < -0.39 is 0 Å². The van der Waals surface area contributed by atoms with E-state index in [1.54, 1.807) is 30.3 Å². The first-order valence-corrected chi connectivity index (χ1v) is 5.13. The van der Waals surface area contributed by atoms with Gasteiger partial charge in [-0.05, 0) is 31.2 Å². The molecule has 1 aromatic heterocycles. The van der Waals surface area contributed by atoms with E-state index in [0.717, 1.165) is 11.1 Å². The Morgan fingerprint density at radius 2 is 2.24 bits per heavy atom. The highest BCUT2D eigenvalue weighted by Gasteiger charge is 2.12. The van der Waals surface area contributed by atoms with Gasteiger partial charge in [0, 0.05) is 16.8 Å². The van der Waals surface area contributed by atoms with Crippen molar-refractivity contribution in [1.82, 2.24) is 0 Å². The molecule has 2 aromatic rings. The number of terminal acetylenes is 1. The number of rotatable bonds is 2. The van der Waals surface area contributed by atoms with E-state index in [4.69, 9.17) is 10.8 Å². The molecule has 0 radical (unpaired) electrons. The highest BCUT2D eigenvalue weighted by molar-refractivity contribution is 6.03. The third-order valence-electron chi connectivity index (χ3n) is 2.36. The van der Waals surface area contributed by atoms with Gasteiger partial charge in [0.1, 0.15) is 0 Å². The molecule has 0 saturated carbocycles. The molecule has 1 heterocycles. The summed E-state index contributed by atoms with van der Waals surface area (Å²) in [6.45, 7) is 1.82. The number of aryl methyl sites for hydroxylation is 1. The molecule has 1 N–H and O–H groups in total. The second-order valence-electron chi connectivity index (χ2n) is 3.61. The van der Waals surface area contributed by atoms with Crippen molar-refractivity contribution >= 4 is 11.6 Å². The number of carbonyl (C=O) groups excluding carboxylic acids is 1. The van der Waals surface area contributed by atoms with E-state index in [-0.39, 0.29) is 5.91 Å². The van der Waals surface area contributed by atoms with Crippen LogP contribution < -0.4 is 5.32 Å². The molecule has 84 valence electrons. The van der Waals surface area contributed by atoms with Crippen molar-refractivity contribution in [3.05, 3.63) is 53.5 Å². The normalized spacial score (nSPS) is 9.65. The van der Waals surface area contributed by atoms with Crippen LogP contribution in [0.5, 0.6) is 0 Å². The Labute approximate surface area is 99.5 Å². The number of carbonyl (C=O) groups is 1. The summed E-state index contributed by atoms with van der Waals surface area (Å²) in [7, 11) is 0. The van der Waals surface area contributed by atoms with Crippen molar-refractivity contribution in [2.24, 2.45) is 0 Å². The van der Waals surface area contributed by atoms with Crippen molar-refractivity contribution in [2.45, 2.75) is 6.92 Å². The second kappa shape index (κ2) is 4.58. The maximum Gasteiger partial charge on any atom is 0.291 e. The Bertz CT molecular complexity index is 590. The van der Waals surface area contributed by atoms with Crippen LogP contribution in [0.15, 0.2) is 41.0 Å². The standard InChI is InChI=1S/C14H11NO2/c1-3-11-5-4-6-12(9-11)15-14(16)13-10(2)7-8-17-13/h1,4-9H,2H3,(H,15,16). The lowest BCUT2D eigenvalue weighted by Crippen LogP contribution is -2.12. The molecular formula is C14H11NO2. The van der Waals surface area contributed by atoms with Gasteiger partial charge in [-0.1, -0.05) is 12.0 Å². The highest BCUT2D eigenvalue weighted by Crippen LogP contribution is 2.14. The SMILES string of the molecule is C#Cc1cccc(NC(=O)c2occc2C)c1. The fourth-order valence-electron chi connectivity index (χ4n) is 1.48. The number of hydrogen-bond acceptors (Lipinski definition) is 2. The summed E-state index contributed by atoms with van der Waals surface area (Å²) in [5.41, 5.74) is 2.18. The van der Waals surface area contributed by atoms with Gasteiger partial charge >= 0.3 is 0 Å². The molecule has 2 rings (SSSR count). The predicted molar refractivity (Wildman–Crippen MR) is 65.8 cm³/mol.